The summed E-state index contributed by atoms with van der Waals surface area (Å²) in [7, 11) is 0. The van der Waals surface area contributed by atoms with Gasteiger partial charge in [0.25, 0.3) is 0 Å². The minimum Gasteiger partial charge on any atom is -0.464 e. The Balaban J connectivity index is 1.49. The molecule has 0 spiro atoms. The molecule has 0 amide bonds. The number of likely N-dealkylation sites (tertiary alicyclic amines) is 1. The summed E-state index contributed by atoms with van der Waals surface area (Å²) in [6.45, 7) is 3.49. The van der Waals surface area contributed by atoms with Crippen molar-refractivity contribution in [1.29, 1.82) is 0 Å². The van der Waals surface area contributed by atoms with Gasteiger partial charge in [0.15, 0.2) is 0 Å². The molecule has 0 aliphatic carbocycles. The van der Waals surface area contributed by atoms with Crippen LogP contribution in [0.15, 0.2) is 84.9 Å². The van der Waals surface area contributed by atoms with Gasteiger partial charge < -0.3 is 4.74 Å². The third kappa shape index (κ3) is 5.17. The topological polar surface area (TPSA) is 29.5 Å². The van der Waals surface area contributed by atoms with Crippen molar-refractivity contribution in [3.8, 4) is 11.1 Å². The van der Waals surface area contributed by atoms with Crippen molar-refractivity contribution in [2.75, 3.05) is 26.2 Å². The second-order valence-corrected chi connectivity index (χ2v) is 7.90. The lowest BCUT2D eigenvalue weighted by molar-refractivity contribution is -0.144. The quantitative estimate of drug-likeness (QED) is 0.490. The minimum absolute atomic E-state index is 0.175. The van der Waals surface area contributed by atoms with Crippen molar-refractivity contribution in [2.24, 2.45) is 0 Å². The molecular formula is C27H29NO2. The van der Waals surface area contributed by atoms with Crippen molar-refractivity contribution in [2.45, 2.75) is 25.2 Å². The molecule has 0 N–H and O–H groups in total. The highest BCUT2D eigenvalue weighted by Crippen LogP contribution is 2.28. The molecule has 1 aliphatic rings. The third-order valence-corrected chi connectivity index (χ3v) is 5.82. The summed E-state index contributed by atoms with van der Waals surface area (Å²) < 4.78 is 5.75. The average Bonchev–Trinajstić information content (AvgIpc) is 2.82. The molecule has 0 radical (unpaired) electrons. The van der Waals surface area contributed by atoms with Crippen molar-refractivity contribution in [1.82, 2.24) is 4.90 Å². The van der Waals surface area contributed by atoms with Gasteiger partial charge in [-0.1, -0.05) is 91.3 Å². The van der Waals surface area contributed by atoms with Gasteiger partial charge in [-0.05, 0) is 48.2 Å². The summed E-state index contributed by atoms with van der Waals surface area (Å²) in [5.74, 6) is -0.581. The van der Waals surface area contributed by atoms with E-state index in [0.717, 1.165) is 36.3 Å². The summed E-state index contributed by atoms with van der Waals surface area (Å²) >= 11 is 0. The van der Waals surface area contributed by atoms with Gasteiger partial charge in [-0.2, -0.15) is 0 Å². The first-order valence-corrected chi connectivity index (χ1v) is 10.9. The Morgan fingerprint density at radius 1 is 0.733 bits per heavy atom. The molecule has 0 aromatic heterocycles. The lowest BCUT2D eigenvalue weighted by Crippen LogP contribution is -2.33. The van der Waals surface area contributed by atoms with Gasteiger partial charge in [-0.25, -0.2) is 0 Å². The Labute approximate surface area is 179 Å². The van der Waals surface area contributed by atoms with Gasteiger partial charge in [0.2, 0.25) is 0 Å². The van der Waals surface area contributed by atoms with Crippen LogP contribution >= 0.6 is 0 Å². The highest BCUT2D eigenvalue weighted by Gasteiger charge is 2.24. The van der Waals surface area contributed by atoms with Crippen LogP contribution in [0.1, 0.15) is 36.3 Å². The monoisotopic (exact) mass is 399 g/mol. The second kappa shape index (κ2) is 10.2. The molecule has 1 fully saturated rings. The molecule has 1 saturated heterocycles. The fourth-order valence-electron chi connectivity index (χ4n) is 4.15. The maximum atomic E-state index is 13.1. The van der Waals surface area contributed by atoms with Crippen molar-refractivity contribution in [3.05, 3.63) is 96.1 Å². The SMILES string of the molecule is O=C(OCCN1CCCCC1)C(c1ccccc1)c1ccc(-c2ccccc2)cc1. The van der Waals surface area contributed by atoms with Crippen LogP contribution in [0.2, 0.25) is 0 Å². The number of carbonyl (C=O) groups is 1. The molecule has 154 valence electrons. The van der Waals surface area contributed by atoms with E-state index in [4.69, 9.17) is 4.74 Å². The van der Waals surface area contributed by atoms with Gasteiger partial charge >= 0.3 is 5.97 Å². The van der Waals surface area contributed by atoms with Crippen LogP contribution in [-0.4, -0.2) is 37.1 Å². The fraction of sp³-hybridized carbons (Fsp3) is 0.296. The number of carbonyl (C=O) groups excluding carboxylic acids is 1. The van der Waals surface area contributed by atoms with Crippen LogP contribution in [0.4, 0.5) is 0 Å². The summed E-state index contributed by atoms with van der Waals surface area (Å²) in [5.41, 5.74) is 4.24. The van der Waals surface area contributed by atoms with E-state index < -0.39 is 5.92 Å². The second-order valence-electron chi connectivity index (χ2n) is 7.90. The number of esters is 1. The molecule has 3 aromatic carbocycles. The van der Waals surface area contributed by atoms with Crippen LogP contribution in [0.5, 0.6) is 0 Å². The van der Waals surface area contributed by atoms with Crippen LogP contribution < -0.4 is 0 Å². The van der Waals surface area contributed by atoms with Crippen LogP contribution in [0, 0.1) is 0 Å². The molecule has 3 nitrogen and oxygen atoms in total. The van der Waals surface area contributed by atoms with E-state index >= 15 is 0 Å². The van der Waals surface area contributed by atoms with E-state index in [1.165, 1.54) is 24.8 Å². The van der Waals surface area contributed by atoms with Crippen molar-refractivity contribution >= 4 is 5.97 Å². The largest absolute Gasteiger partial charge is 0.464 e. The smallest absolute Gasteiger partial charge is 0.317 e. The number of hydrogen-bond donors (Lipinski definition) is 0. The Morgan fingerprint density at radius 2 is 1.30 bits per heavy atom. The third-order valence-electron chi connectivity index (χ3n) is 5.82. The maximum absolute atomic E-state index is 13.1. The summed E-state index contributed by atoms with van der Waals surface area (Å²) in [6.07, 6.45) is 3.80. The molecule has 0 bridgehead atoms. The van der Waals surface area contributed by atoms with Gasteiger partial charge in [0.1, 0.15) is 12.5 Å². The first kappa shape index (κ1) is 20.4. The minimum atomic E-state index is -0.405. The summed E-state index contributed by atoms with van der Waals surface area (Å²) in [5, 5.41) is 0. The Kier molecular flexibility index (Phi) is 6.94. The average molecular weight is 400 g/mol. The summed E-state index contributed by atoms with van der Waals surface area (Å²) in [4.78, 5) is 15.5. The zero-order chi connectivity index (χ0) is 20.6. The number of benzene rings is 3. The summed E-state index contributed by atoms with van der Waals surface area (Å²) in [6, 6.07) is 28.5. The molecule has 3 aromatic rings. The van der Waals surface area contributed by atoms with Crippen LogP contribution in [-0.2, 0) is 9.53 Å². The molecule has 1 aliphatic heterocycles. The van der Waals surface area contributed by atoms with Gasteiger partial charge in [-0.15, -0.1) is 0 Å². The van der Waals surface area contributed by atoms with Crippen molar-refractivity contribution in [3.63, 3.8) is 0 Å². The number of ether oxygens (including phenoxy) is 1. The van der Waals surface area contributed by atoms with E-state index in [9.17, 15) is 4.79 Å². The van der Waals surface area contributed by atoms with E-state index in [-0.39, 0.29) is 5.97 Å². The normalized spacial score (nSPS) is 15.5. The molecule has 3 heteroatoms. The van der Waals surface area contributed by atoms with Gasteiger partial charge in [0, 0.05) is 6.54 Å². The van der Waals surface area contributed by atoms with E-state index in [1.807, 2.05) is 60.7 Å². The highest BCUT2D eigenvalue weighted by molar-refractivity contribution is 5.82. The lowest BCUT2D eigenvalue weighted by atomic mass is 9.90. The Hall–Kier alpha value is -2.91. The Morgan fingerprint density at radius 3 is 1.97 bits per heavy atom. The Bertz CT molecular complexity index is 916. The molecule has 1 atom stereocenters. The van der Waals surface area contributed by atoms with E-state index in [2.05, 4.69) is 29.2 Å². The lowest BCUT2D eigenvalue weighted by Gasteiger charge is -2.26. The molecule has 0 saturated carbocycles. The number of hydrogen-bond acceptors (Lipinski definition) is 3. The van der Waals surface area contributed by atoms with Crippen molar-refractivity contribution < 1.29 is 9.53 Å². The van der Waals surface area contributed by atoms with Gasteiger partial charge in [-0.3, -0.25) is 9.69 Å². The van der Waals surface area contributed by atoms with Crippen LogP contribution in [0.25, 0.3) is 11.1 Å². The first-order valence-electron chi connectivity index (χ1n) is 10.9. The zero-order valence-electron chi connectivity index (χ0n) is 17.4. The van der Waals surface area contributed by atoms with E-state index in [1.54, 1.807) is 0 Å². The standard InChI is InChI=1S/C27H29NO2/c29-27(30-21-20-28-18-8-3-9-19-28)26(24-12-6-2-7-13-24)25-16-14-23(15-17-25)22-10-4-1-5-11-22/h1-2,4-7,10-17,26H,3,8-9,18-21H2. The number of rotatable bonds is 7. The maximum Gasteiger partial charge on any atom is 0.317 e. The van der Waals surface area contributed by atoms with E-state index in [0.29, 0.717) is 6.61 Å². The highest BCUT2D eigenvalue weighted by atomic mass is 16.5. The molecular weight excluding hydrogens is 370 g/mol. The van der Waals surface area contributed by atoms with Crippen LogP contribution in [0.3, 0.4) is 0 Å². The predicted octanol–water partition coefficient (Wildman–Crippen LogP) is 5.51. The number of piperidine rings is 1. The molecule has 4 rings (SSSR count). The van der Waals surface area contributed by atoms with Gasteiger partial charge in [0.05, 0.1) is 0 Å². The molecule has 1 heterocycles. The number of nitrogens with zero attached hydrogens (tertiary/aromatic N) is 1. The molecule has 1 unspecified atom stereocenters. The predicted molar refractivity (Wildman–Crippen MR) is 121 cm³/mol. The first-order chi connectivity index (χ1) is 14.8. The molecule has 30 heavy (non-hydrogen) atoms. The fourth-order valence-corrected chi connectivity index (χ4v) is 4.15. The zero-order valence-corrected chi connectivity index (χ0v) is 17.4.